The predicted octanol–water partition coefficient (Wildman–Crippen LogP) is 2.08. The number of nitrogens with zero attached hydrogens (tertiary/aromatic N) is 1. The van der Waals surface area contributed by atoms with Crippen LogP contribution >= 0.6 is 0 Å². The minimum atomic E-state index is -1.56. The second-order valence-electron chi connectivity index (χ2n) is 29.3. The number of fused-ring (bicyclic) bond motifs is 1. The quantitative estimate of drug-likeness (QED) is 0.0243. The zero-order valence-corrected chi connectivity index (χ0v) is 66.1. The van der Waals surface area contributed by atoms with E-state index in [2.05, 4.69) is 68.1 Å². The van der Waals surface area contributed by atoms with Crippen molar-refractivity contribution in [3.63, 3.8) is 0 Å². The highest BCUT2D eigenvalue weighted by atomic mass is 16.4. The first kappa shape index (κ1) is 91.2. The van der Waals surface area contributed by atoms with Crippen molar-refractivity contribution in [1.29, 1.82) is 0 Å². The van der Waals surface area contributed by atoms with Gasteiger partial charge in [-0.25, -0.2) is 9.78 Å². The van der Waals surface area contributed by atoms with Crippen molar-refractivity contribution >= 4 is 75.9 Å². The van der Waals surface area contributed by atoms with Gasteiger partial charge in [-0.1, -0.05) is 140 Å². The van der Waals surface area contributed by atoms with Crippen LogP contribution in [-0.2, 0) is 97.7 Å². The Labute approximate surface area is 685 Å². The topological polar surface area (TPSA) is 543 Å². The van der Waals surface area contributed by atoms with Gasteiger partial charge in [0.05, 0.1) is 12.4 Å². The van der Waals surface area contributed by atoms with E-state index >= 15 is 24.0 Å². The van der Waals surface area contributed by atoms with Crippen LogP contribution in [-0.4, -0.2) is 188 Å². The van der Waals surface area contributed by atoms with Gasteiger partial charge in [0.2, 0.25) is 59.1 Å². The van der Waals surface area contributed by atoms with Crippen LogP contribution in [0.5, 0.6) is 11.5 Å². The summed E-state index contributed by atoms with van der Waals surface area (Å²) in [5, 5.41) is 59.4. The predicted molar refractivity (Wildman–Crippen MR) is 445 cm³/mol. The molecule has 10 amide bonds. The van der Waals surface area contributed by atoms with Gasteiger partial charge in [-0.2, -0.15) is 0 Å². The van der Waals surface area contributed by atoms with Crippen LogP contribution in [0.1, 0.15) is 116 Å². The third-order valence-corrected chi connectivity index (χ3v) is 20.1. The number of phenols is 2. The lowest BCUT2D eigenvalue weighted by molar-refractivity contribution is -0.142. The summed E-state index contributed by atoms with van der Waals surface area (Å²) < 4.78 is 0. The van der Waals surface area contributed by atoms with E-state index in [4.69, 9.17) is 28.7 Å². The fourth-order valence-corrected chi connectivity index (χ4v) is 13.5. The molecule has 32 heteroatoms. The Morgan fingerprint density at radius 2 is 0.619 bits per heavy atom. The summed E-state index contributed by atoms with van der Waals surface area (Å²) in [7, 11) is 0. The number of aromatic amines is 2. The average Bonchev–Trinajstić information content (AvgIpc) is 1.63. The number of carboxylic acids is 1. The minimum Gasteiger partial charge on any atom is -0.508 e. The van der Waals surface area contributed by atoms with E-state index in [1.54, 1.807) is 103 Å². The van der Waals surface area contributed by atoms with E-state index in [0.717, 1.165) is 0 Å². The number of imidazole rings is 1. The number of aliphatic carboxylic acids is 1. The van der Waals surface area contributed by atoms with Crippen molar-refractivity contribution < 1.29 is 68.1 Å². The maximum absolute atomic E-state index is 15.6. The number of amides is 10. The van der Waals surface area contributed by atoms with Crippen LogP contribution in [0.3, 0.4) is 0 Å². The molecule has 0 saturated carbocycles. The van der Waals surface area contributed by atoms with E-state index in [1.807, 2.05) is 18.2 Å². The Balaban J connectivity index is 1.09. The summed E-state index contributed by atoms with van der Waals surface area (Å²) in [4.78, 5) is 172. The molecule has 32 nitrogen and oxygen atoms in total. The lowest BCUT2D eigenvalue weighted by Crippen LogP contribution is -2.61. The number of nitrogens with two attached hydrogens (primary N) is 5. The van der Waals surface area contributed by atoms with Gasteiger partial charge >= 0.3 is 5.97 Å². The molecular weight excluding hydrogens is 1510 g/mol. The standard InChI is InChI=1S/C86H112N18O14/c87-40-16-12-27-64(91)76(107)98-69(44-54-20-4-1-5-21-54)79(110)95-67(30-14-18-42-89)78(109)104-75(50-60-52-92-53-94-60)85(116)102-73(48-58-34-38-62(106)39-35-58)82(113)100-70(45-55-22-6-2-7-23-55)81(112)101-71(46-56-24-8-3-9-25-56)83(114)103-74(49-59-51-93-65-28-11-10-26-63(59)65)84(115)96-66(29-13-17-41-88)77(108)99-72(47-57-32-36-61(105)37-33-57)80(111)97-68(86(117)118)31-15-19-43-90/h1-11,20-26,28,32-39,51-53,64,66-75,93,105-106H,12-19,27,29-31,40-50,87-91H2,(H,92,94)(H,95,110)(H,96,115)(H,97,111)(H,98,107)(H,99,108)(H,100,113)(H,101,112)(H,102,116)(H,103,114)(H,104,109)(H,117,118)/t64-,66-,67-,68-,69-,70-,71-,72-,73-,74-,75-/m0/s1. The largest absolute Gasteiger partial charge is 0.508 e. The van der Waals surface area contributed by atoms with E-state index < -0.39 is 132 Å². The molecular formula is C86H112N18O14. The summed E-state index contributed by atoms with van der Waals surface area (Å²) in [6.07, 6.45) is 7.12. The second kappa shape index (κ2) is 48.2. The number of aromatic hydroxyl groups is 2. The van der Waals surface area contributed by atoms with Crippen molar-refractivity contribution in [1.82, 2.24) is 68.1 Å². The molecule has 0 spiro atoms. The molecule has 0 aliphatic rings. The monoisotopic (exact) mass is 1620 g/mol. The summed E-state index contributed by atoms with van der Waals surface area (Å²) in [5.74, 6) is -9.75. The molecule has 6 aromatic carbocycles. The first-order valence-electron chi connectivity index (χ1n) is 40.0. The fourth-order valence-electron chi connectivity index (χ4n) is 13.5. The molecule has 0 fully saturated rings. The molecule has 8 aromatic rings. The zero-order valence-electron chi connectivity index (χ0n) is 66.1. The molecule has 0 aliphatic heterocycles. The summed E-state index contributed by atoms with van der Waals surface area (Å²) in [5.41, 5.74) is 33.9. The number of H-pyrrole nitrogens is 2. The van der Waals surface area contributed by atoms with Gasteiger partial charge in [0, 0.05) is 73.9 Å². The highest BCUT2D eigenvalue weighted by Crippen LogP contribution is 2.22. The van der Waals surface area contributed by atoms with Crippen LogP contribution in [0.15, 0.2) is 183 Å². The number of carbonyl (C=O) groups excluding carboxylic acids is 10. The van der Waals surface area contributed by atoms with Crippen molar-refractivity contribution in [2.24, 2.45) is 28.7 Å². The van der Waals surface area contributed by atoms with Gasteiger partial charge in [0.15, 0.2) is 0 Å². The van der Waals surface area contributed by atoms with Crippen LogP contribution in [0.2, 0.25) is 0 Å². The Morgan fingerprint density at radius 1 is 0.322 bits per heavy atom. The zero-order chi connectivity index (χ0) is 84.7. The van der Waals surface area contributed by atoms with Crippen molar-refractivity contribution in [3.05, 3.63) is 222 Å². The van der Waals surface area contributed by atoms with Gasteiger partial charge in [-0.15, -0.1) is 0 Å². The molecule has 630 valence electrons. The summed E-state index contributed by atoms with van der Waals surface area (Å²) in [6, 6.07) is 29.8. The number of rotatable bonds is 51. The highest BCUT2D eigenvalue weighted by Gasteiger charge is 2.38. The number of hydrogen-bond acceptors (Lipinski definition) is 19. The SMILES string of the molecule is NCCCC[C@H](NC(=O)[C@H](Cc1ccc(O)cc1)NC(=O)[C@H](CCCCN)NC(=O)[C@H](Cc1c[nH]c2ccccc12)NC(=O)[C@H](Cc1ccccc1)NC(=O)[C@H](Cc1ccccc1)NC(=O)[C@H](Cc1ccc(O)cc1)NC(=O)[C@H](Cc1cnc[nH]1)NC(=O)[C@H](CCCCN)NC(=O)[C@H](Cc1ccccc1)NC(=O)[C@@H](N)CCCCN)C(=O)O. The number of phenolic OH excluding ortho intramolecular Hbond substituents is 2. The van der Waals surface area contributed by atoms with Crippen LogP contribution in [0, 0.1) is 0 Å². The number of hydrogen-bond donors (Lipinski definition) is 20. The molecule has 2 heterocycles. The Hall–Kier alpha value is -12.4. The maximum atomic E-state index is 15.6. The van der Waals surface area contributed by atoms with Crippen molar-refractivity contribution in [2.75, 3.05) is 26.2 Å². The lowest BCUT2D eigenvalue weighted by Gasteiger charge is -2.29. The molecule has 0 radical (unpaired) electrons. The van der Waals surface area contributed by atoms with E-state index in [0.29, 0.717) is 114 Å². The van der Waals surface area contributed by atoms with E-state index in [1.165, 1.54) is 61.1 Å². The van der Waals surface area contributed by atoms with Crippen molar-refractivity contribution in [3.8, 4) is 11.5 Å². The molecule has 8 rings (SSSR count). The van der Waals surface area contributed by atoms with Gasteiger partial charge in [0.1, 0.15) is 71.9 Å². The molecule has 118 heavy (non-hydrogen) atoms. The number of nitrogens with one attached hydrogen (secondary N) is 12. The molecule has 11 atom stereocenters. The Kier molecular flexibility index (Phi) is 37.3. The van der Waals surface area contributed by atoms with Gasteiger partial charge in [-0.3, -0.25) is 47.9 Å². The lowest BCUT2D eigenvalue weighted by atomic mass is 9.99. The van der Waals surface area contributed by atoms with Crippen LogP contribution in [0.25, 0.3) is 10.9 Å². The third kappa shape index (κ3) is 30.0. The normalized spacial score (nSPS) is 14.0. The van der Waals surface area contributed by atoms with Crippen molar-refractivity contribution in [2.45, 2.75) is 188 Å². The van der Waals surface area contributed by atoms with Gasteiger partial charge < -0.3 is 107 Å². The van der Waals surface area contributed by atoms with E-state index in [-0.39, 0.29) is 95.3 Å². The first-order valence-corrected chi connectivity index (χ1v) is 40.0. The smallest absolute Gasteiger partial charge is 0.326 e. The van der Waals surface area contributed by atoms with Gasteiger partial charge in [0.25, 0.3) is 0 Å². The molecule has 25 N–H and O–H groups in total. The molecule has 0 aliphatic carbocycles. The van der Waals surface area contributed by atoms with Crippen LogP contribution in [0.4, 0.5) is 0 Å². The Bertz CT molecular complexity index is 4500. The number of aromatic nitrogens is 3. The maximum Gasteiger partial charge on any atom is 0.326 e. The van der Waals surface area contributed by atoms with Crippen LogP contribution < -0.4 is 81.8 Å². The third-order valence-electron chi connectivity index (χ3n) is 20.1. The van der Waals surface area contributed by atoms with Gasteiger partial charge in [-0.05, 0) is 161 Å². The summed E-state index contributed by atoms with van der Waals surface area (Å²) >= 11 is 0. The van der Waals surface area contributed by atoms with E-state index in [9.17, 15) is 44.1 Å². The highest BCUT2D eigenvalue weighted by molar-refractivity contribution is 6.00. The number of carboxylic acid groups (broad SMARTS) is 1. The number of unbranched alkanes of at least 4 members (excludes halogenated alkanes) is 4. The minimum absolute atomic E-state index is 0.0195. The fraction of sp³-hybridized carbons (Fsp3) is 0.395. The molecule has 0 unspecified atom stereocenters. The average molecular weight is 1620 g/mol. The molecule has 0 bridgehead atoms. The number of carbonyl (C=O) groups is 11. The first-order chi connectivity index (χ1) is 57.0. The second-order valence-corrected chi connectivity index (χ2v) is 29.3. The molecule has 2 aromatic heterocycles. The Morgan fingerprint density at radius 3 is 0.975 bits per heavy atom. The number of para-hydroxylation sites is 1. The molecule has 0 saturated heterocycles. The summed E-state index contributed by atoms with van der Waals surface area (Å²) in [6.45, 7) is 1.15. The number of benzene rings is 6.